The lowest BCUT2D eigenvalue weighted by molar-refractivity contribution is -0.113. The Kier molecular flexibility index (Phi) is 6.22. The fourth-order valence-corrected chi connectivity index (χ4v) is 4.11. The van der Waals surface area contributed by atoms with Gasteiger partial charge in [0.05, 0.1) is 12.2 Å². The van der Waals surface area contributed by atoms with E-state index in [-0.39, 0.29) is 18.5 Å². The molecule has 2 heterocycles. The number of allylic oxidation sites excluding steroid dienone is 1. The number of para-hydroxylation sites is 2. The highest BCUT2D eigenvalue weighted by Gasteiger charge is 2.31. The number of fused-ring (bicyclic) bond motifs is 1. The van der Waals surface area contributed by atoms with Gasteiger partial charge in [-0.15, -0.1) is 0 Å². The Hall–Kier alpha value is -4.14. The summed E-state index contributed by atoms with van der Waals surface area (Å²) in [4.78, 5) is 22.6. The fraction of sp³-hybridized carbons (Fsp3) is 0.115. The molecule has 9 heteroatoms. The van der Waals surface area contributed by atoms with Gasteiger partial charge in [0.2, 0.25) is 5.96 Å². The molecule has 3 aromatic carbocycles. The third-order valence-electron chi connectivity index (χ3n) is 5.60. The Balaban J connectivity index is 1.47. The SMILES string of the molecule is CC1=C(C(=O)Nc2ccc(CO)cc2)C(c2ccccc2Cl)N=C(Nc2nc3ccccc3o2)N1. The average Bonchev–Trinajstić information content (AvgIpc) is 3.26. The quantitative estimate of drug-likeness (QED) is 0.315. The van der Waals surface area contributed by atoms with Crippen LogP contribution in [-0.2, 0) is 11.4 Å². The molecular weight excluding hydrogens is 466 g/mol. The minimum atomic E-state index is -0.673. The normalized spacial score (nSPS) is 15.5. The van der Waals surface area contributed by atoms with Crippen LogP contribution in [0.25, 0.3) is 11.1 Å². The highest BCUT2D eigenvalue weighted by atomic mass is 35.5. The first-order valence-electron chi connectivity index (χ1n) is 11.0. The lowest BCUT2D eigenvalue weighted by Crippen LogP contribution is -2.37. The third-order valence-corrected chi connectivity index (χ3v) is 5.94. The van der Waals surface area contributed by atoms with Crippen molar-refractivity contribution in [1.29, 1.82) is 0 Å². The van der Waals surface area contributed by atoms with Crippen LogP contribution >= 0.6 is 11.6 Å². The van der Waals surface area contributed by atoms with E-state index in [4.69, 9.17) is 21.0 Å². The van der Waals surface area contributed by atoms with Gasteiger partial charge in [0.15, 0.2) is 5.58 Å². The maximum Gasteiger partial charge on any atom is 0.302 e. The van der Waals surface area contributed by atoms with Crippen LogP contribution in [0.4, 0.5) is 11.7 Å². The zero-order valence-corrected chi connectivity index (χ0v) is 19.5. The van der Waals surface area contributed by atoms with Gasteiger partial charge in [0, 0.05) is 22.0 Å². The van der Waals surface area contributed by atoms with Crippen molar-refractivity contribution in [2.75, 3.05) is 10.6 Å². The predicted octanol–water partition coefficient (Wildman–Crippen LogP) is 5.00. The summed E-state index contributed by atoms with van der Waals surface area (Å²) >= 11 is 6.51. The Morgan fingerprint density at radius 1 is 1.09 bits per heavy atom. The third kappa shape index (κ3) is 4.75. The van der Waals surface area contributed by atoms with Crippen LogP contribution in [0.15, 0.2) is 93.5 Å². The molecule has 0 saturated heterocycles. The van der Waals surface area contributed by atoms with Crippen LogP contribution in [-0.4, -0.2) is 22.0 Å². The molecule has 0 spiro atoms. The number of benzene rings is 3. The Bertz CT molecular complexity index is 1430. The summed E-state index contributed by atoms with van der Waals surface area (Å²) in [6, 6.07) is 21.3. The van der Waals surface area contributed by atoms with E-state index in [0.29, 0.717) is 44.6 Å². The van der Waals surface area contributed by atoms with E-state index in [1.807, 2.05) is 42.5 Å². The molecule has 0 radical (unpaired) electrons. The summed E-state index contributed by atoms with van der Waals surface area (Å²) in [6.45, 7) is 1.73. The summed E-state index contributed by atoms with van der Waals surface area (Å²) in [5.74, 6) is 0.0594. The van der Waals surface area contributed by atoms with E-state index < -0.39 is 6.04 Å². The van der Waals surface area contributed by atoms with E-state index >= 15 is 0 Å². The predicted molar refractivity (Wildman–Crippen MR) is 136 cm³/mol. The molecule has 1 aliphatic rings. The molecule has 1 aliphatic heterocycles. The van der Waals surface area contributed by atoms with Gasteiger partial charge in [-0.25, -0.2) is 4.99 Å². The van der Waals surface area contributed by atoms with Gasteiger partial charge in [-0.05, 0) is 42.8 Å². The average molecular weight is 488 g/mol. The van der Waals surface area contributed by atoms with Gasteiger partial charge in [-0.2, -0.15) is 4.98 Å². The number of hydrogen-bond acceptors (Lipinski definition) is 7. The number of hydrogen-bond donors (Lipinski definition) is 4. The number of anilines is 2. The Labute approximate surface area is 206 Å². The Morgan fingerprint density at radius 3 is 2.57 bits per heavy atom. The second kappa shape index (κ2) is 9.61. The molecule has 1 aromatic heterocycles. The zero-order chi connectivity index (χ0) is 24.4. The molecule has 176 valence electrons. The van der Waals surface area contributed by atoms with Gasteiger partial charge in [-0.3, -0.25) is 10.1 Å². The lowest BCUT2D eigenvalue weighted by atomic mass is 9.95. The number of guanidine groups is 1. The molecule has 0 bridgehead atoms. The molecule has 35 heavy (non-hydrogen) atoms. The highest BCUT2D eigenvalue weighted by molar-refractivity contribution is 6.31. The molecule has 1 atom stereocenters. The van der Waals surface area contributed by atoms with E-state index in [1.165, 1.54) is 0 Å². The largest absolute Gasteiger partial charge is 0.423 e. The topological polar surface area (TPSA) is 112 Å². The summed E-state index contributed by atoms with van der Waals surface area (Å²) in [5, 5.41) is 18.9. The highest BCUT2D eigenvalue weighted by Crippen LogP contribution is 2.35. The number of oxazole rings is 1. The number of aromatic nitrogens is 1. The van der Waals surface area contributed by atoms with Crippen LogP contribution in [0.3, 0.4) is 0 Å². The number of amides is 1. The smallest absolute Gasteiger partial charge is 0.302 e. The van der Waals surface area contributed by atoms with Crippen molar-refractivity contribution in [2.24, 2.45) is 4.99 Å². The fourth-order valence-electron chi connectivity index (χ4n) is 3.87. The van der Waals surface area contributed by atoms with Crippen LogP contribution in [0.5, 0.6) is 0 Å². The van der Waals surface area contributed by atoms with Crippen molar-refractivity contribution < 1.29 is 14.3 Å². The van der Waals surface area contributed by atoms with E-state index in [9.17, 15) is 9.90 Å². The van der Waals surface area contributed by atoms with Gasteiger partial charge < -0.3 is 20.2 Å². The number of nitrogens with one attached hydrogen (secondary N) is 3. The number of aliphatic hydroxyl groups excluding tert-OH is 1. The van der Waals surface area contributed by atoms with Gasteiger partial charge in [0.1, 0.15) is 11.6 Å². The van der Waals surface area contributed by atoms with E-state index in [2.05, 4.69) is 20.9 Å². The number of carbonyl (C=O) groups is 1. The van der Waals surface area contributed by atoms with Gasteiger partial charge >= 0.3 is 6.01 Å². The zero-order valence-electron chi connectivity index (χ0n) is 18.7. The van der Waals surface area contributed by atoms with Gasteiger partial charge in [0.25, 0.3) is 5.91 Å². The molecule has 5 rings (SSSR count). The van der Waals surface area contributed by atoms with Crippen LogP contribution in [0.2, 0.25) is 5.02 Å². The van der Waals surface area contributed by atoms with Crippen molar-refractivity contribution in [2.45, 2.75) is 19.6 Å². The van der Waals surface area contributed by atoms with Crippen LogP contribution < -0.4 is 16.0 Å². The summed E-state index contributed by atoms with van der Waals surface area (Å²) in [6.07, 6.45) is 0. The molecule has 0 saturated carbocycles. The van der Waals surface area contributed by atoms with E-state index in [0.717, 1.165) is 5.56 Å². The maximum absolute atomic E-state index is 13.4. The molecule has 4 N–H and O–H groups in total. The summed E-state index contributed by atoms with van der Waals surface area (Å²) in [7, 11) is 0. The first-order chi connectivity index (χ1) is 17.0. The summed E-state index contributed by atoms with van der Waals surface area (Å²) in [5.41, 5.74) is 4.44. The number of nitrogens with zero attached hydrogens (tertiary/aromatic N) is 2. The molecular formula is C26H22ClN5O3. The monoisotopic (exact) mass is 487 g/mol. The molecule has 1 unspecified atom stereocenters. The molecule has 4 aromatic rings. The van der Waals surface area contributed by atoms with Crippen molar-refractivity contribution in [3.8, 4) is 0 Å². The second-order valence-electron chi connectivity index (χ2n) is 7.99. The lowest BCUT2D eigenvalue weighted by Gasteiger charge is -2.27. The van der Waals surface area contributed by atoms with Crippen molar-refractivity contribution >= 4 is 46.3 Å². The number of rotatable bonds is 5. The van der Waals surface area contributed by atoms with E-state index in [1.54, 1.807) is 37.3 Å². The molecule has 1 amide bonds. The molecule has 0 fully saturated rings. The van der Waals surface area contributed by atoms with Crippen molar-refractivity contribution in [3.05, 3.63) is 100 Å². The minimum absolute atomic E-state index is 0.0679. The van der Waals surface area contributed by atoms with Crippen molar-refractivity contribution in [1.82, 2.24) is 10.3 Å². The van der Waals surface area contributed by atoms with Crippen molar-refractivity contribution in [3.63, 3.8) is 0 Å². The number of carbonyl (C=O) groups excluding carboxylic acids is 1. The van der Waals surface area contributed by atoms with Gasteiger partial charge in [-0.1, -0.05) is 54.1 Å². The number of aliphatic imine (C=N–C) groups is 1. The number of aliphatic hydroxyl groups is 1. The standard InChI is InChI=1S/C26H22ClN5O3/c1-15-22(24(34)29-17-12-10-16(14-33)11-13-17)23(18-6-2-3-7-19(18)27)31-25(28-15)32-26-30-20-8-4-5-9-21(20)35-26/h2-13,23,33H,14H2,1H3,(H,29,34)(H2,28,30,31,32). The maximum atomic E-state index is 13.4. The van der Waals surface area contributed by atoms with Crippen LogP contribution in [0.1, 0.15) is 24.1 Å². The molecule has 0 aliphatic carbocycles. The first kappa shape index (κ1) is 22.6. The second-order valence-corrected chi connectivity index (χ2v) is 8.39. The summed E-state index contributed by atoms with van der Waals surface area (Å²) < 4.78 is 5.76. The Morgan fingerprint density at radius 2 is 1.83 bits per heavy atom. The first-order valence-corrected chi connectivity index (χ1v) is 11.3. The molecule has 8 nitrogen and oxygen atoms in total. The van der Waals surface area contributed by atoms with Crippen LogP contribution in [0, 0.1) is 0 Å². The number of halogens is 1. The minimum Gasteiger partial charge on any atom is -0.423 e.